The van der Waals surface area contributed by atoms with E-state index in [1.807, 2.05) is 29.2 Å². The van der Waals surface area contributed by atoms with E-state index in [-0.39, 0.29) is 5.91 Å². The molecule has 0 spiro atoms. The third-order valence-electron chi connectivity index (χ3n) is 5.29. The van der Waals surface area contributed by atoms with Gasteiger partial charge < -0.3 is 14.6 Å². The summed E-state index contributed by atoms with van der Waals surface area (Å²) in [5.41, 5.74) is 5.73. The molecule has 0 unspecified atom stereocenters. The van der Waals surface area contributed by atoms with E-state index in [1.165, 1.54) is 22.2 Å². The van der Waals surface area contributed by atoms with Gasteiger partial charge in [0.25, 0.3) is 5.91 Å². The molecule has 1 amide bonds. The van der Waals surface area contributed by atoms with Gasteiger partial charge in [0.05, 0.1) is 7.11 Å². The van der Waals surface area contributed by atoms with Crippen LogP contribution >= 0.6 is 0 Å². The van der Waals surface area contributed by atoms with Gasteiger partial charge in [0, 0.05) is 47.2 Å². The van der Waals surface area contributed by atoms with Crippen molar-refractivity contribution in [1.29, 1.82) is 0 Å². The number of fused-ring (bicyclic) bond motifs is 3. The van der Waals surface area contributed by atoms with Crippen molar-refractivity contribution in [1.82, 2.24) is 9.88 Å². The summed E-state index contributed by atoms with van der Waals surface area (Å²) in [6.07, 6.45) is 0.864. The van der Waals surface area contributed by atoms with E-state index in [0.717, 1.165) is 24.2 Å². The van der Waals surface area contributed by atoms with Crippen molar-refractivity contribution in [3.05, 3.63) is 64.8 Å². The van der Waals surface area contributed by atoms with E-state index >= 15 is 0 Å². The molecule has 0 saturated carbocycles. The second-order valence-corrected chi connectivity index (χ2v) is 7.25. The van der Waals surface area contributed by atoms with Crippen molar-refractivity contribution in [2.24, 2.45) is 0 Å². The molecule has 2 heterocycles. The largest absolute Gasteiger partial charge is 0.497 e. The molecule has 2 aromatic carbocycles. The Kier molecular flexibility index (Phi) is 4.19. The zero-order chi connectivity index (χ0) is 18.3. The first-order valence-electron chi connectivity index (χ1n) is 9.13. The van der Waals surface area contributed by atoms with Crippen LogP contribution in [-0.4, -0.2) is 29.4 Å². The SMILES string of the molecule is COc1ccc(C(=O)N2CCc3[nH]c4ccc(C(C)C)cc4c3C2)cc1. The highest BCUT2D eigenvalue weighted by Gasteiger charge is 2.25. The molecule has 4 rings (SSSR count). The number of rotatable bonds is 3. The molecule has 134 valence electrons. The Morgan fingerprint density at radius 3 is 2.62 bits per heavy atom. The predicted molar refractivity (Wildman–Crippen MR) is 104 cm³/mol. The fraction of sp³-hybridized carbons (Fsp3) is 0.318. The number of H-pyrrole nitrogens is 1. The Morgan fingerprint density at radius 1 is 1.15 bits per heavy atom. The lowest BCUT2D eigenvalue weighted by atomic mass is 9.98. The number of carbonyl (C=O) groups is 1. The number of hydrogen-bond donors (Lipinski definition) is 1. The lowest BCUT2D eigenvalue weighted by molar-refractivity contribution is 0.0735. The predicted octanol–water partition coefficient (Wildman–Crippen LogP) is 4.50. The van der Waals surface area contributed by atoms with Gasteiger partial charge >= 0.3 is 0 Å². The fourth-order valence-corrected chi connectivity index (χ4v) is 3.68. The molecule has 0 fully saturated rings. The number of nitrogens with one attached hydrogen (secondary N) is 1. The average molecular weight is 348 g/mol. The van der Waals surface area contributed by atoms with Crippen molar-refractivity contribution in [2.75, 3.05) is 13.7 Å². The highest BCUT2D eigenvalue weighted by molar-refractivity contribution is 5.95. The Morgan fingerprint density at radius 2 is 1.92 bits per heavy atom. The van der Waals surface area contributed by atoms with Gasteiger partial charge in [-0.3, -0.25) is 4.79 Å². The molecule has 1 N–H and O–H groups in total. The lowest BCUT2D eigenvalue weighted by Gasteiger charge is -2.27. The molecule has 0 atom stereocenters. The van der Waals surface area contributed by atoms with Gasteiger partial charge in [-0.05, 0) is 47.9 Å². The highest BCUT2D eigenvalue weighted by Crippen LogP contribution is 2.31. The van der Waals surface area contributed by atoms with Crippen LogP contribution in [-0.2, 0) is 13.0 Å². The Bertz CT molecular complexity index is 954. The number of nitrogens with zero attached hydrogens (tertiary/aromatic N) is 1. The summed E-state index contributed by atoms with van der Waals surface area (Å²) < 4.78 is 5.18. The van der Waals surface area contributed by atoms with E-state index < -0.39 is 0 Å². The van der Waals surface area contributed by atoms with E-state index in [2.05, 4.69) is 37.0 Å². The Labute approximate surface area is 153 Å². The summed E-state index contributed by atoms with van der Waals surface area (Å²) in [7, 11) is 1.63. The first-order chi connectivity index (χ1) is 12.6. The first kappa shape index (κ1) is 16.7. The van der Waals surface area contributed by atoms with Crippen LogP contribution in [0.5, 0.6) is 5.75 Å². The summed E-state index contributed by atoms with van der Waals surface area (Å²) in [5.74, 6) is 1.33. The topological polar surface area (TPSA) is 45.3 Å². The van der Waals surface area contributed by atoms with Crippen LogP contribution < -0.4 is 4.74 Å². The molecule has 0 bridgehead atoms. The van der Waals surface area contributed by atoms with Crippen molar-refractivity contribution >= 4 is 16.8 Å². The summed E-state index contributed by atoms with van der Waals surface area (Å²) in [5, 5.41) is 1.25. The first-order valence-corrected chi connectivity index (χ1v) is 9.13. The molecule has 0 radical (unpaired) electrons. The van der Waals surface area contributed by atoms with Gasteiger partial charge in [-0.25, -0.2) is 0 Å². The number of ether oxygens (including phenoxy) is 1. The number of carbonyl (C=O) groups excluding carboxylic acids is 1. The summed E-state index contributed by atoms with van der Waals surface area (Å²) in [6, 6.07) is 14.0. The minimum absolute atomic E-state index is 0.0765. The number of benzene rings is 2. The molecule has 1 aliphatic heterocycles. The van der Waals surface area contributed by atoms with Crippen molar-refractivity contribution in [3.63, 3.8) is 0 Å². The van der Waals surface area contributed by atoms with Gasteiger partial charge in [0.1, 0.15) is 5.75 Å². The standard InChI is InChI=1S/C22H24N2O2/c1-14(2)16-6-9-20-18(12-16)19-13-24(11-10-21(19)23-20)22(25)15-4-7-17(26-3)8-5-15/h4-9,12,14,23H,10-11,13H2,1-3H3. The zero-order valence-corrected chi connectivity index (χ0v) is 15.5. The van der Waals surface area contributed by atoms with Crippen LogP contribution in [0.15, 0.2) is 42.5 Å². The zero-order valence-electron chi connectivity index (χ0n) is 15.5. The number of methoxy groups -OCH3 is 1. The maximum atomic E-state index is 12.9. The van der Waals surface area contributed by atoms with Crippen LogP contribution in [0.1, 0.15) is 46.9 Å². The van der Waals surface area contributed by atoms with E-state index in [4.69, 9.17) is 4.74 Å². The molecule has 1 aromatic heterocycles. The Balaban J connectivity index is 1.64. The maximum absolute atomic E-state index is 12.9. The lowest BCUT2D eigenvalue weighted by Crippen LogP contribution is -2.35. The summed E-state index contributed by atoms with van der Waals surface area (Å²) >= 11 is 0. The van der Waals surface area contributed by atoms with Gasteiger partial charge in [-0.2, -0.15) is 0 Å². The average Bonchev–Trinajstić information content (AvgIpc) is 3.04. The van der Waals surface area contributed by atoms with Crippen molar-refractivity contribution in [2.45, 2.75) is 32.7 Å². The van der Waals surface area contributed by atoms with Crippen LogP contribution in [0.3, 0.4) is 0 Å². The number of aromatic amines is 1. The maximum Gasteiger partial charge on any atom is 0.254 e. The molecule has 0 aliphatic carbocycles. The summed E-state index contributed by atoms with van der Waals surface area (Å²) in [6.45, 7) is 5.81. The smallest absolute Gasteiger partial charge is 0.254 e. The summed E-state index contributed by atoms with van der Waals surface area (Å²) in [4.78, 5) is 18.4. The molecule has 4 nitrogen and oxygen atoms in total. The van der Waals surface area contributed by atoms with Crippen molar-refractivity contribution in [3.8, 4) is 5.75 Å². The van der Waals surface area contributed by atoms with Crippen molar-refractivity contribution < 1.29 is 9.53 Å². The van der Waals surface area contributed by atoms with Crippen LogP contribution in [0.2, 0.25) is 0 Å². The minimum atomic E-state index is 0.0765. The molecular formula is C22H24N2O2. The number of aromatic nitrogens is 1. The molecule has 26 heavy (non-hydrogen) atoms. The third kappa shape index (κ3) is 2.85. The molecule has 4 heteroatoms. The second-order valence-electron chi connectivity index (χ2n) is 7.25. The van der Waals surface area contributed by atoms with Crippen LogP contribution in [0, 0.1) is 0 Å². The minimum Gasteiger partial charge on any atom is -0.497 e. The third-order valence-corrected chi connectivity index (χ3v) is 5.29. The Hall–Kier alpha value is -2.75. The van der Waals surface area contributed by atoms with Gasteiger partial charge in [-0.15, -0.1) is 0 Å². The van der Waals surface area contributed by atoms with E-state index in [1.54, 1.807) is 7.11 Å². The normalized spacial score (nSPS) is 13.9. The van der Waals surface area contributed by atoms with Crippen LogP contribution in [0.25, 0.3) is 10.9 Å². The molecular weight excluding hydrogens is 324 g/mol. The highest BCUT2D eigenvalue weighted by atomic mass is 16.5. The second kappa shape index (κ2) is 6.52. The van der Waals surface area contributed by atoms with E-state index in [9.17, 15) is 4.79 Å². The van der Waals surface area contributed by atoms with Gasteiger partial charge in [-0.1, -0.05) is 19.9 Å². The van der Waals surface area contributed by atoms with Gasteiger partial charge in [0.2, 0.25) is 0 Å². The molecule has 1 aliphatic rings. The van der Waals surface area contributed by atoms with E-state index in [0.29, 0.717) is 18.0 Å². The fourth-order valence-electron chi connectivity index (χ4n) is 3.68. The molecule has 3 aromatic rings. The number of amides is 1. The molecule has 0 saturated heterocycles. The van der Waals surface area contributed by atoms with Gasteiger partial charge in [0.15, 0.2) is 0 Å². The van der Waals surface area contributed by atoms with Crippen LogP contribution in [0.4, 0.5) is 0 Å². The number of hydrogen-bond acceptors (Lipinski definition) is 2. The monoisotopic (exact) mass is 348 g/mol. The quantitative estimate of drug-likeness (QED) is 0.757.